The molecule has 0 spiro atoms. The summed E-state index contributed by atoms with van der Waals surface area (Å²) in [4.78, 5) is 37.5. The molecule has 29 heavy (non-hydrogen) atoms. The van der Waals surface area contributed by atoms with Crippen LogP contribution in [0.15, 0.2) is 40.4 Å². The number of hydrogen-bond acceptors (Lipinski definition) is 6. The maximum absolute atomic E-state index is 13.1. The van der Waals surface area contributed by atoms with Gasteiger partial charge in [0.1, 0.15) is 11.4 Å². The molecule has 2 heterocycles. The summed E-state index contributed by atoms with van der Waals surface area (Å²) in [6.45, 7) is 7.37. The van der Waals surface area contributed by atoms with E-state index in [1.807, 2.05) is 13.8 Å². The van der Waals surface area contributed by atoms with Crippen LogP contribution >= 0.6 is 23.2 Å². The Kier molecular flexibility index (Phi) is 5.73. The van der Waals surface area contributed by atoms with Crippen LogP contribution in [0.4, 0.5) is 0 Å². The highest BCUT2D eigenvalue weighted by Crippen LogP contribution is 2.30. The van der Waals surface area contributed by atoms with Crippen LogP contribution in [0.5, 0.6) is 0 Å². The van der Waals surface area contributed by atoms with Gasteiger partial charge in [0.05, 0.1) is 22.0 Å². The molecular weight excluding hydrogens is 415 g/mol. The van der Waals surface area contributed by atoms with Gasteiger partial charge in [-0.1, -0.05) is 43.6 Å². The van der Waals surface area contributed by atoms with Gasteiger partial charge in [-0.15, -0.1) is 0 Å². The van der Waals surface area contributed by atoms with Crippen LogP contribution < -0.4 is 11.0 Å². The number of nitrogens with zero attached hydrogens (tertiary/aromatic N) is 3. The molecule has 0 atom stereocenters. The zero-order chi connectivity index (χ0) is 21.5. The van der Waals surface area contributed by atoms with Gasteiger partial charge in [0.25, 0.3) is 5.56 Å². The molecule has 0 radical (unpaired) electrons. The Hall–Kier alpha value is -2.77. The van der Waals surface area contributed by atoms with E-state index in [1.165, 1.54) is 25.2 Å². The van der Waals surface area contributed by atoms with Crippen LogP contribution in [0.1, 0.15) is 53.4 Å². The number of halogens is 2. The molecule has 0 aliphatic carbocycles. The molecule has 0 unspecified atom stereocenters. The van der Waals surface area contributed by atoms with Crippen molar-refractivity contribution in [1.82, 2.24) is 15.2 Å². The quantitative estimate of drug-likeness (QED) is 0.748. The third-order valence-electron chi connectivity index (χ3n) is 4.45. The van der Waals surface area contributed by atoms with Gasteiger partial charge in [-0.25, -0.2) is 4.68 Å². The van der Waals surface area contributed by atoms with Crippen molar-refractivity contribution in [1.29, 1.82) is 0 Å². The average Bonchev–Trinajstić information content (AvgIpc) is 2.62. The number of benzene rings is 1. The molecule has 3 rings (SSSR count). The highest BCUT2D eigenvalue weighted by Gasteiger charge is 2.25. The van der Waals surface area contributed by atoms with Crippen molar-refractivity contribution >= 4 is 40.5 Å². The number of aryl methyl sites for hydroxylation is 1. The van der Waals surface area contributed by atoms with E-state index < -0.39 is 5.78 Å². The first kappa shape index (κ1) is 21.0. The Morgan fingerprint density at radius 3 is 2.38 bits per heavy atom. The fourth-order valence-electron chi connectivity index (χ4n) is 2.95. The average molecular weight is 433 g/mol. The number of hydrogen-bond donors (Lipinski definition) is 1. The lowest BCUT2D eigenvalue weighted by atomic mass is 9.98. The smallest absolute Gasteiger partial charge is 0.269 e. The van der Waals surface area contributed by atoms with Crippen molar-refractivity contribution < 1.29 is 9.59 Å². The summed E-state index contributed by atoms with van der Waals surface area (Å²) in [5.74, 6) is -0.845. The maximum Gasteiger partial charge on any atom is 0.269 e. The van der Waals surface area contributed by atoms with Crippen molar-refractivity contribution in [3.05, 3.63) is 73.3 Å². The normalized spacial score (nSPS) is 14.1. The van der Waals surface area contributed by atoms with E-state index in [0.29, 0.717) is 16.8 Å². The van der Waals surface area contributed by atoms with E-state index in [2.05, 4.69) is 22.2 Å². The summed E-state index contributed by atoms with van der Waals surface area (Å²) >= 11 is 12.7. The second-order valence-corrected chi connectivity index (χ2v) is 7.80. The number of carbonyl (C=O) groups is 2. The van der Waals surface area contributed by atoms with Crippen LogP contribution in [-0.2, 0) is 11.8 Å². The zero-order valence-corrected chi connectivity index (χ0v) is 17.6. The Labute approximate surface area is 177 Å². The standard InChI is InChI=1S/C20H18Cl2N4O3/c1-9(2)12-8-15(25-26(4)20(12)29)19(28)17-13(21)6-11(7-14(17)22)18-16(27)5-10(3)23-24-18/h6-9,23H,3,5H2,1-2,4H3. The molecule has 2 aromatic rings. The SMILES string of the molecule is C=C1CC(=O)C(c2cc(Cl)c(C(=O)c3cc(C(C)C)c(=O)n(C)n3)c(Cl)c2)=NN1. The summed E-state index contributed by atoms with van der Waals surface area (Å²) in [7, 11) is 1.48. The largest absolute Gasteiger partial charge is 0.292 e. The Bertz CT molecular complexity index is 1130. The van der Waals surface area contributed by atoms with Crippen LogP contribution in [0.3, 0.4) is 0 Å². The van der Waals surface area contributed by atoms with Crippen LogP contribution in [0, 0.1) is 0 Å². The summed E-state index contributed by atoms with van der Waals surface area (Å²) in [6, 6.07) is 4.37. The molecule has 0 fully saturated rings. The number of ketones is 2. The molecule has 9 heteroatoms. The van der Waals surface area contributed by atoms with Crippen molar-refractivity contribution in [2.45, 2.75) is 26.2 Å². The number of Topliss-reactive ketones (excluding diaryl/α,β-unsaturated/α-hetero) is 1. The lowest BCUT2D eigenvalue weighted by Crippen LogP contribution is -2.27. The molecule has 7 nitrogen and oxygen atoms in total. The third-order valence-corrected chi connectivity index (χ3v) is 5.05. The van der Waals surface area contributed by atoms with Gasteiger partial charge in [-0.3, -0.25) is 19.8 Å². The second-order valence-electron chi connectivity index (χ2n) is 6.99. The molecule has 1 aromatic carbocycles. The molecule has 1 N–H and O–H groups in total. The minimum atomic E-state index is -0.521. The Balaban J connectivity index is 2.07. The highest BCUT2D eigenvalue weighted by atomic mass is 35.5. The van der Waals surface area contributed by atoms with Crippen LogP contribution in [-0.4, -0.2) is 27.1 Å². The molecule has 0 amide bonds. The fourth-order valence-corrected chi connectivity index (χ4v) is 3.61. The minimum absolute atomic E-state index is 0.0409. The predicted molar refractivity (Wildman–Crippen MR) is 112 cm³/mol. The van der Waals surface area contributed by atoms with E-state index >= 15 is 0 Å². The molecule has 1 aromatic heterocycles. The third kappa shape index (κ3) is 4.02. The molecule has 1 aliphatic rings. The molecule has 0 saturated carbocycles. The molecular formula is C20H18Cl2N4O3. The van der Waals surface area contributed by atoms with E-state index in [-0.39, 0.29) is 50.7 Å². The van der Waals surface area contributed by atoms with E-state index in [1.54, 1.807) is 0 Å². The van der Waals surface area contributed by atoms with Crippen LogP contribution in [0.25, 0.3) is 0 Å². The number of aromatic nitrogens is 2. The summed E-state index contributed by atoms with van der Waals surface area (Å²) < 4.78 is 1.12. The first-order valence-corrected chi connectivity index (χ1v) is 9.52. The van der Waals surface area contributed by atoms with E-state index in [9.17, 15) is 14.4 Å². The number of allylic oxidation sites excluding steroid dienone is 1. The number of hydrazone groups is 1. The summed E-state index contributed by atoms with van der Waals surface area (Å²) in [5, 5.41) is 8.15. The van der Waals surface area contributed by atoms with Gasteiger partial charge in [-0.05, 0) is 24.1 Å². The Morgan fingerprint density at radius 1 is 1.21 bits per heavy atom. The summed E-state index contributed by atoms with van der Waals surface area (Å²) in [5.41, 5.74) is 3.98. The van der Waals surface area contributed by atoms with Gasteiger partial charge in [0.2, 0.25) is 5.78 Å². The predicted octanol–water partition coefficient (Wildman–Crippen LogP) is 3.22. The zero-order valence-electron chi connectivity index (χ0n) is 16.0. The number of carbonyl (C=O) groups excluding carboxylic acids is 2. The van der Waals surface area contributed by atoms with E-state index in [4.69, 9.17) is 23.2 Å². The van der Waals surface area contributed by atoms with Gasteiger partial charge < -0.3 is 0 Å². The monoisotopic (exact) mass is 432 g/mol. The highest BCUT2D eigenvalue weighted by molar-refractivity contribution is 6.48. The fraction of sp³-hybridized carbons (Fsp3) is 0.250. The Morgan fingerprint density at radius 2 is 1.83 bits per heavy atom. The molecule has 150 valence electrons. The summed E-state index contributed by atoms with van der Waals surface area (Å²) in [6.07, 6.45) is 0.106. The maximum atomic E-state index is 13.1. The van der Waals surface area contributed by atoms with E-state index in [0.717, 1.165) is 4.68 Å². The number of rotatable bonds is 4. The van der Waals surface area contributed by atoms with Gasteiger partial charge in [0.15, 0.2) is 5.78 Å². The lowest BCUT2D eigenvalue weighted by molar-refractivity contribution is -0.112. The molecule has 0 saturated heterocycles. The molecule has 0 bridgehead atoms. The molecule has 1 aliphatic heterocycles. The van der Waals surface area contributed by atoms with Gasteiger partial charge in [0, 0.05) is 23.9 Å². The van der Waals surface area contributed by atoms with Crippen molar-refractivity contribution in [2.24, 2.45) is 12.1 Å². The number of nitrogens with one attached hydrogen (secondary N) is 1. The van der Waals surface area contributed by atoms with Gasteiger partial charge in [-0.2, -0.15) is 10.2 Å². The van der Waals surface area contributed by atoms with Crippen molar-refractivity contribution in [2.75, 3.05) is 0 Å². The van der Waals surface area contributed by atoms with Crippen LogP contribution in [0.2, 0.25) is 10.0 Å². The first-order valence-electron chi connectivity index (χ1n) is 8.77. The topological polar surface area (TPSA) is 93.4 Å². The lowest BCUT2D eigenvalue weighted by Gasteiger charge is -2.16. The second kappa shape index (κ2) is 7.93. The van der Waals surface area contributed by atoms with Crippen molar-refractivity contribution in [3.8, 4) is 0 Å². The first-order chi connectivity index (χ1) is 13.6. The van der Waals surface area contributed by atoms with Gasteiger partial charge >= 0.3 is 0 Å². The van der Waals surface area contributed by atoms with Crippen molar-refractivity contribution in [3.63, 3.8) is 0 Å². The minimum Gasteiger partial charge on any atom is -0.292 e.